The number of rotatable bonds is 5. The van der Waals surface area contributed by atoms with E-state index in [2.05, 4.69) is 17.1 Å². The maximum absolute atomic E-state index is 5.79. The fourth-order valence-electron chi connectivity index (χ4n) is 2.85. The fraction of sp³-hybridized carbons (Fsp3) is 0.857. The molecule has 5 heteroatoms. The van der Waals surface area contributed by atoms with E-state index < -0.39 is 0 Å². The lowest BCUT2D eigenvalue weighted by Gasteiger charge is -2.27. The van der Waals surface area contributed by atoms with Crippen LogP contribution in [0.5, 0.6) is 0 Å². The number of nitrogens with two attached hydrogens (primary N) is 1. The predicted molar refractivity (Wildman–Crippen MR) is 72.8 cm³/mol. The second kappa shape index (κ2) is 6.48. The third-order valence-corrected chi connectivity index (χ3v) is 4.28. The van der Waals surface area contributed by atoms with Crippen molar-refractivity contribution in [2.24, 2.45) is 5.73 Å². The minimum absolute atomic E-state index is 0.154. The Morgan fingerprint density at radius 3 is 2.53 bits per heavy atom. The first-order chi connectivity index (χ1) is 9.25. The van der Waals surface area contributed by atoms with Crippen molar-refractivity contribution < 1.29 is 9.26 Å². The number of aromatic nitrogens is 2. The molecule has 0 aliphatic heterocycles. The van der Waals surface area contributed by atoms with Crippen molar-refractivity contribution in [3.63, 3.8) is 0 Å². The van der Waals surface area contributed by atoms with E-state index in [4.69, 9.17) is 15.0 Å². The highest BCUT2D eigenvalue weighted by Crippen LogP contribution is 2.37. The lowest BCUT2D eigenvalue weighted by molar-refractivity contribution is -0.0365. The van der Waals surface area contributed by atoms with Crippen LogP contribution in [0, 0.1) is 0 Å². The van der Waals surface area contributed by atoms with Gasteiger partial charge >= 0.3 is 0 Å². The van der Waals surface area contributed by atoms with Crippen LogP contribution < -0.4 is 5.73 Å². The van der Waals surface area contributed by atoms with Gasteiger partial charge < -0.3 is 15.0 Å². The van der Waals surface area contributed by atoms with E-state index in [0.29, 0.717) is 18.3 Å². The van der Waals surface area contributed by atoms with Crippen LogP contribution in [0.25, 0.3) is 0 Å². The largest absolute Gasteiger partial charge is 0.370 e. The van der Waals surface area contributed by atoms with Gasteiger partial charge in [0, 0.05) is 13.7 Å². The summed E-state index contributed by atoms with van der Waals surface area (Å²) in [5, 5.41) is 4.17. The van der Waals surface area contributed by atoms with Crippen molar-refractivity contribution in [3.8, 4) is 0 Å². The number of methoxy groups -OCH3 is 1. The Balaban J connectivity index is 2.23. The van der Waals surface area contributed by atoms with E-state index in [1.54, 1.807) is 7.11 Å². The second-order valence-corrected chi connectivity index (χ2v) is 5.41. The molecule has 1 aromatic heterocycles. The molecule has 1 aromatic rings. The van der Waals surface area contributed by atoms with E-state index >= 15 is 0 Å². The van der Waals surface area contributed by atoms with Crippen LogP contribution >= 0.6 is 0 Å². The molecule has 0 amide bonds. The first-order valence-corrected chi connectivity index (χ1v) is 7.35. The molecular weight excluding hydrogens is 242 g/mol. The summed E-state index contributed by atoms with van der Waals surface area (Å²) in [5.41, 5.74) is 5.38. The summed E-state index contributed by atoms with van der Waals surface area (Å²) >= 11 is 0. The minimum atomic E-state index is -0.356. The minimum Gasteiger partial charge on any atom is -0.370 e. The Morgan fingerprint density at radius 2 is 2.00 bits per heavy atom. The molecule has 1 unspecified atom stereocenters. The van der Waals surface area contributed by atoms with Crippen molar-refractivity contribution in [1.29, 1.82) is 0 Å². The molecule has 1 heterocycles. The van der Waals surface area contributed by atoms with Gasteiger partial charge in [-0.15, -0.1) is 0 Å². The van der Waals surface area contributed by atoms with Crippen LogP contribution in [0.2, 0.25) is 0 Å². The Hall–Kier alpha value is -0.940. The summed E-state index contributed by atoms with van der Waals surface area (Å²) in [7, 11) is 1.75. The molecule has 0 radical (unpaired) electrons. The van der Waals surface area contributed by atoms with Gasteiger partial charge in [-0.2, -0.15) is 4.98 Å². The number of hydrogen-bond donors (Lipinski definition) is 1. The van der Waals surface area contributed by atoms with E-state index in [0.717, 1.165) is 32.1 Å². The molecule has 0 bridgehead atoms. The number of hydrogen-bond acceptors (Lipinski definition) is 5. The van der Waals surface area contributed by atoms with E-state index in [9.17, 15) is 0 Å². The highest BCUT2D eigenvalue weighted by molar-refractivity contribution is 5.05. The molecule has 1 saturated carbocycles. The molecule has 19 heavy (non-hydrogen) atoms. The zero-order valence-corrected chi connectivity index (χ0v) is 12.0. The maximum atomic E-state index is 5.79. The molecule has 0 spiro atoms. The van der Waals surface area contributed by atoms with Gasteiger partial charge in [0.2, 0.25) is 11.7 Å². The monoisotopic (exact) mass is 267 g/mol. The van der Waals surface area contributed by atoms with Gasteiger partial charge in [0.15, 0.2) is 0 Å². The summed E-state index contributed by atoms with van der Waals surface area (Å²) in [4.78, 5) is 4.58. The van der Waals surface area contributed by atoms with Gasteiger partial charge in [-0.1, -0.05) is 37.8 Å². The molecule has 2 N–H and O–H groups in total. The van der Waals surface area contributed by atoms with Gasteiger partial charge in [-0.05, 0) is 19.3 Å². The van der Waals surface area contributed by atoms with Crippen molar-refractivity contribution in [1.82, 2.24) is 10.1 Å². The van der Waals surface area contributed by atoms with Crippen LogP contribution in [0.1, 0.15) is 69.5 Å². The molecule has 1 aliphatic rings. The van der Waals surface area contributed by atoms with Crippen LogP contribution in [0.3, 0.4) is 0 Å². The molecule has 108 valence electrons. The zero-order chi connectivity index (χ0) is 13.7. The SMILES string of the molecule is CCC(CN)c1nc(C2(OC)CCCCCC2)no1. The van der Waals surface area contributed by atoms with E-state index in [-0.39, 0.29) is 11.5 Å². The maximum Gasteiger partial charge on any atom is 0.231 e. The molecule has 2 rings (SSSR count). The number of ether oxygens (including phenoxy) is 1. The Labute approximate surface area is 114 Å². The standard InChI is InChI=1S/C14H25N3O2/c1-3-11(10-15)12-16-13(17-19-12)14(18-2)8-6-4-5-7-9-14/h11H,3-10,15H2,1-2H3. The lowest BCUT2D eigenvalue weighted by Crippen LogP contribution is -2.29. The topological polar surface area (TPSA) is 74.2 Å². The molecule has 0 aromatic carbocycles. The van der Waals surface area contributed by atoms with Crippen LogP contribution in [-0.2, 0) is 10.3 Å². The average molecular weight is 267 g/mol. The van der Waals surface area contributed by atoms with Crippen LogP contribution in [-0.4, -0.2) is 23.8 Å². The summed E-state index contributed by atoms with van der Waals surface area (Å²) < 4.78 is 11.2. The Morgan fingerprint density at radius 1 is 1.32 bits per heavy atom. The molecule has 1 atom stereocenters. The van der Waals surface area contributed by atoms with Gasteiger partial charge in [-0.25, -0.2) is 0 Å². The third kappa shape index (κ3) is 2.98. The molecular formula is C14H25N3O2. The lowest BCUT2D eigenvalue weighted by atomic mass is 9.93. The Kier molecular flexibility index (Phi) is 4.93. The Bertz CT molecular complexity index is 380. The normalized spacial score (nSPS) is 21.0. The fourth-order valence-corrected chi connectivity index (χ4v) is 2.85. The van der Waals surface area contributed by atoms with Crippen molar-refractivity contribution in [2.75, 3.05) is 13.7 Å². The molecule has 5 nitrogen and oxygen atoms in total. The summed E-state index contributed by atoms with van der Waals surface area (Å²) in [6, 6.07) is 0. The summed E-state index contributed by atoms with van der Waals surface area (Å²) in [6.45, 7) is 2.62. The molecule has 0 saturated heterocycles. The first kappa shape index (κ1) is 14.5. The predicted octanol–water partition coefficient (Wildman–Crippen LogP) is 2.72. The number of nitrogens with zero attached hydrogens (tertiary/aromatic N) is 2. The average Bonchev–Trinajstić information content (AvgIpc) is 2.80. The molecule has 1 aliphatic carbocycles. The van der Waals surface area contributed by atoms with Gasteiger partial charge in [-0.3, -0.25) is 0 Å². The van der Waals surface area contributed by atoms with Crippen molar-refractivity contribution in [2.45, 2.75) is 63.4 Å². The second-order valence-electron chi connectivity index (χ2n) is 5.41. The first-order valence-electron chi connectivity index (χ1n) is 7.35. The third-order valence-electron chi connectivity index (χ3n) is 4.28. The quantitative estimate of drug-likeness (QED) is 0.830. The smallest absolute Gasteiger partial charge is 0.231 e. The molecule has 1 fully saturated rings. The van der Waals surface area contributed by atoms with Crippen LogP contribution in [0.15, 0.2) is 4.52 Å². The highest BCUT2D eigenvalue weighted by atomic mass is 16.5. The summed E-state index contributed by atoms with van der Waals surface area (Å²) in [6.07, 6.45) is 7.70. The van der Waals surface area contributed by atoms with Gasteiger partial charge in [0.25, 0.3) is 0 Å². The van der Waals surface area contributed by atoms with Crippen molar-refractivity contribution >= 4 is 0 Å². The van der Waals surface area contributed by atoms with E-state index in [1.807, 2.05) is 0 Å². The summed E-state index contributed by atoms with van der Waals surface area (Å²) in [5.74, 6) is 1.51. The van der Waals surface area contributed by atoms with Gasteiger partial charge in [0.1, 0.15) is 5.60 Å². The van der Waals surface area contributed by atoms with Crippen molar-refractivity contribution in [3.05, 3.63) is 11.7 Å². The van der Waals surface area contributed by atoms with E-state index in [1.165, 1.54) is 12.8 Å². The zero-order valence-electron chi connectivity index (χ0n) is 12.0. The van der Waals surface area contributed by atoms with Crippen LogP contribution in [0.4, 0.5) is 0 Å². The highest BCUT2D eigenvalue weighted by Gasteiger charge is 2.38. The van der Waals surface area contributed by atoms with Gasteiger partial charge in [0.05, 0.1) is 5.92 Å².